The Hall–Kier alpha value is -0.960. The predicted octanol–water partition coefficient (Wildman–Crippen LogP) is 2.79. The molecule has 0 aliphatic heterocycles. The van der Waals surface area contributed by atoms with E-state index in [0.717, 1.165) is 17.8 Å². The van der Waals surface area contributed by atoms with Gasteiger partial charge in [0.05, 0.1) is 17.4 Å². The van der Waals surface area contributed by atoms with Crippen LogP contribution in [0.5, 0.6) is 0 Å². The number of imidazole rings is 1. The molecule has 1 heterocycles. The highest BCUT2D eigenvalue weighted by Crippen LogP contribution is 2.12. The lowest BCUT2D eigenvalue weighted by atomic mass is 10.3. The molecule has 0 unspecified atom stereocenters. The van der Waals surface area contributed by atoms with Crippen LogP contribution >= 0.6 is 11.8 Å². The third-order valence-electron chi connectivity index (χ3n) is 2.21. The molecule has 74 valence electrons. The average Bonchev–Trinajstić information content (AvgIpc) is 2.63. The number of fused-ring (bicyclic) bond motifs is 1. The fourth-order valence-corrected chi connectivity index (χ4v) is 2.11. The van der Waals surface area contributed by atoms with Gasteiger partial charge in [0.2, 0.25) is 0 Å². The lowest BCUT2D eigenvalue weighted by molar-refractivity contribution is 0.796. The van der Waals surface area contributed by atoms with E-state index in [2.05, 4.69) is 34.7 Å². The van der Waals surface area contributed by atoms with Gasteiger partial charge in [-0.3, -0.25) is 0 Å². The number of nitrogens with zero attached hydrogens (tertiary/aromatic N) is 2. The monoisotopic (exact) mass is 206 g/mol. The zero-order valence-electron chi connectivity index (χ0n) is 8.31. The molecule has 0 spiro atoms. The third-order valence-corrected chi connectivity index (χ3v) is 3.09. The molecule has 0 saturated carbocycles. The molecule has 0 atom stereocenters. The molecule has 0 N–H and O–H groups in total. The first kappa shape index (κ1) is 9.59. The number of rotatable bonds is 4. The largest absolute Gasteiger partial charge is 0.330 e. The highest BCUT2D eigenvalue weighted by molar-refractivity contribution is 7.99. The topological polar surface area (TPSA) is 17.8 Å². The molecular weight excluding hydrogens is 192 g/mol. The van der Waals surface area contributed by atoms with Crippen molar-refractivity contribution in [1.82, 2.24) is 9.55 Å². The molecule has 0 aliphatic rings. The van der Waals surface area contributed by atoms with E-state index in [9.17, 15) is 0 Å². The minimum atomic E-state index is 1.05. The van der Waals surface area contributed by atoms with Gasteiger partial charge in [-0.1, -0.05) is 19.1 Å². The van der Waals surface area contributed by atoms with Crippen LogP contribution in [0.3, 0.4) is 0 Å². The van der Waals surface area contributed by atoms with Crippen molar-refractivity contribution in [2.24, 2.45) is 0 Å². The summed E-state index contributed by atoms with van der Waals surface area (Å²) in [4.78, 5) is 4.35. The van der Waals surface area contributed by atoms with Gasteiger partial charge in [-0.15, -0.1) is 0 Å². The van der Waals surface area contributed by atoms with E-state index >= 15 is 0 Å². The molecule has 0 fully saturated rings. The summed E-state index contributed by atoms with van der Waals surface area (Å²) in [7, 11) is 0. The van der Waals surface area contributed by atoms with Gasteiger partial charge in [0.25, 0.3) is 0 Å². The van der Waals surface area contributed by atoms with Crippen molar-refractivity contribution in [3.8, 4) is 0 Å². The minimum Gasteiger partial charge on any atom is -0.330 e. The summed E-state index contributed by atoms with van der Waals surface area (Å²) in [6.07, 6.45) is 1.93. The second kappa shape index (κ2) is 4.51. The molecule has 1 aromatic heterocycles. The summed E-state index contributed by atoms with van der Waals surface area (Å²) in [6.45, 7) is 3.25. The van der Waals surface area contributed by atoms with Crippen LogP contribution in [-0.4, -0.2) is 21.1 Å². The Morgan fingerprint density at radius 3 is 3.07 bits per heavy atom. The Balaban J connectivity index is 2.17. The van der Waals surface area contributed by atoms with Crippen molar-refractivity contribution in [1.29, 1.82) is 0 Å². The number of benzene rings is 1. The number of aromatic nitrogens is 2. The van der Waals surface area contributed by atoms with Gasteiger partial charge in [0, 0.05) is 12.3 Å². The van der Waals surface area contributed by atoms with Crippen LogP contribution in [0.4, 0.5) is 0 Å². The van der Waals surface area contributed by atoms with Gasteiger partial charge in [0.1, 0.15) is 0 Å². The predicted molar refractivity (Wildman–Crippen MR) is 62.7 cm³/mol. The van der Waals surface area contributed by atoms with Crippen LogP contribution in [0.25, 0.3) is 11.0 Å². The van der Waals surface area contributed by atoms with Crippen molar-refractivity contribution >= 4 is 22.8 Å². The summed E-state index contributed by atoms with van der Waals surface area (Å²) in [5.41, 5.74) is 2.33. The molecule has 2 rings (SSSR count). The van der Waals surface area contributed by atoms with Gasteiger partial charge in [0.15, 0.2) is 0 Å². The van der Waals surface area contributed by atoms with Crippen LogP contribution in [0.15, 0.2) is 30.6 Å². The van der Waals surface area contributed by atoms with Gasteiger partial charge in [-0.2, -0.15) is 11.8 Å². The number of thioether (sulfide) groups is 1. The van der Waals surface area contributed by atoms with Gasteiger partial charge in [-0.05, 0) is 17.9 Å². The van der Waals surface area contributed by atoms with E-state index in [1.807, 2.05) is 24.2 Å². The SMILES string of the molecule is CCSCCn1cnc2ccccc21. The highest BCUT2D eigenvalue weighted by Gasteiger charge is 1.99. The zero-order valence-corrected chi connectivity index (χ0v) is 9.13. The molecule has 3 heteroatoms. The first-order valence-corrected chi connectivity index (χ1v) is 6.05. The van der Waals surface area contributed by atoms with Crippen LogP contribution in [0, 0.1) is 0 Å². The molecule has 0 radical (unpaired) electrons. The van der Waals surface area contributed by atoms with Crippen molar-refractivity contribution in [3.05, 3.63) is 30.6 Å². The third kappa shape index (κ3) is 1.93. The molecular formula is C11H14N2S. The summed E-state index contributed by atoms with van der Waals surface area (Å²) in [6, 6.07) is 8.27. The second-order valence-corrected chi connectivity index (χ2v) is 4.52. The molecule has 14 heavy (non-hydrogen) atoms. The van der Waals surface area contributed by atoms with Crippen molar-refractivity contribution < 1.29 is 0 Å². The van der Waals surface area contributed by atoms with Crippen LogP contribution in [0.2, 0.25) is 0 Å². The molecule has 0 aliphatic carbocycles. The Morgan fingerprint density at radius 1 is 1.36 bits per heavy atom. The quantitative estimate of drug-likeness (QED) is 0.716. The van der Waals surface area contributed by atoms with Gasteiger partial charge < -0.3 is 4.57 Å². The highest BCUT2D eigenvalue weighted by atomic mass is 32.2. The lowest BCUT2D eigenvalue weighted by Crippen LogP contribution is -1.98. The van der Waals surface area contributed by atoms with Crippen LogP contribution in [0.1, 0.15) is 6.92 Å². The van der Waals surface area contributed by atoms with E-state index in [1.165, 1.54) is 11.3 Å². The zero-order chi connectivity index (χ0) is 9.80. The maximum Gasteiger partial charge on any atom is 0.0958 e. The standard InChI is InChI=1S/C11H14N2S/c1-2-14-8-7-13-9-12-10-5-3-4-6-11(10)13/h3-6,9H,2,7-8H2,1H3. The van der Waals surface area contributed by atoms with E-state index in [1.54, 1.807) is 0 Å². The van der Waals surface area contributed by atoms with E-state index < -0.39 is 0 Å². The first-order chi connectivity index (χ1) is 6.92. The average molecular weight is 206 g/mol. The van der Waals surface area contributed by atoms with E-state index in [0.29, 0.717) is 0 Å². The van der Waals surface area contributed by atoms with Crippen LogP contribution in [-0.2, 0) is 6.54 Å². The molecule has 0 saturated heterocycles. The number of aryl methyl sites for hydroxylation is 1. The maximum absolute atomic E-state index is 4.35. The maximum atomic E-state index is 4.35. The van der Waals surface area contributed by atoms with E-state index in [4.69, 9.17) is 0 Å². The normalized spacial score (nSPS) is 10.9. The van der Waals surface area contributed by atoms with Crippen molar-refractivity contribution in [3.63, 3.8) is 0 Å². The molecule has 1 aromatic carbocycles. The molecule has 0 amide bonds. The Kier molecular flexibility index (Phi) is 3.09. The van der Waals surface area contributed by atoms with Crippen molar-refractivity contribution in [2.75, 3.05) is 11.5 Å². The second-order valence-electron chi connectivity index (χ2n) is 3.12. The molecule has 0 bridgehead atoms. The fraction of sp³-hybridized carbons (Fsp3) is 0.364. The Bertz CT molecular complexity index is 408. The number of para-hydroxylation sites is 2. The lowest BCUT2D eigenvalue weighted by Gasteiger charge is -2.02. The first-order valence-electron chi connectivity index (χ1n) is 4.89. The summed E-state index contributed by atoms with van der Waals surface area (Å²) in [5.74, 6) is 2.35. The van der Waals surface area contributed by atoms with Gasteiger partial charge >= 0.3 is 0 Å². The number of hydrogen-bond acceptors (Lipinski definition) is 2. The van der Waals surface area contributed by atoms with E-state index in [-0.39, 0.29) is 0 Å². The minimum absolute atomic E-state index is 1.05. The Morgan fingerprint density at radius 2 is 2.21 bits per heavy atom. The smallest absolute Gasteiger partial charge is 0.0958 e. The molecule has 2 nitrogen and oxygen atoms in total. The van der Waals surface area contributed by atoms with Crippen LogP contribution < -0.4 is 0 Å². The number of hydrogen-bond donors (Lipinski definition) is 0. The van der Waals surface area contributed by atoms with Crippen molar-refractivity contribution in [2.45, 2.75) is 13.5 Å². The molecule has 2 aromatic rings. The Labute approximate surface area is 88.3 Å². The fourth-order valence-electron chi connectivity index (χ4n) is 1.50. The van der Waals surface area contributed by atoms with Gasteiger partial charge in [-0.25, -0.2) is 4.98 Å². The summed E-state index contributed by atoms with van der Waals surface area (Å²) < 4.78 is 2.22. The summed E-state index contributed by atoms with van der Waals surface area (Å²) in [5, 5.41) is 0. The summed E-state index contributed by atoms with van der Waals surface area (Å²) >= 11 is 1.97.